The SMILES string of the molecule is CCNC(=NCCc1ccco1)N(C)CC(=O)N(CC)CC.I. The average molecular weight is 436 g/mol. The minimum absolute atomic E-state index is 0. The maximum Gasteiger partial charge on any atom is 0.242 e. The van der Waals surface area contributed by atoms with E-state index in [1.807, 2.05) is 49.8 Å². The van der Waals surface area contributed by atoms with E-state index in [9.17, 15) is 4.79 Å². The van der Waals surface area contributed by atoms with Crippen LogP contribution in [-0.2, 0) is 11.2 Å². The Bertz CT molecular complexity index is 459. The number of aliphatic imine (C=N–C) groups is 1. The lowest BCUT2D eigenvalue weighted by molar-refractivity contribution is -0.131. The molecule has 23 heavy (non-hydrogen) atoms. The Morgan fingerprint density at radius 3 is 2.52 bits per heavy atom. The summed E-state index contributed by atoms with van der Waals surface area (Å²) in [7, 11) is 1.88. The quantitative estimate of drug-likeness (QED) is 0.386. The third-order valence-corrected chi connectivity index (χ3v) is 3.38. The predicted octanol–water partition coefficient (Wildman–Crippen LogP) is 2.21. The molecule has 6 nitrogen and oxygen atoms in total. The molecule has 0 aliphatic carbocycles. The number of carbonyl (C=O) groups is 1. The highest BCUT2D eigenvalue weighted by atomic mass is 127. The van der Waals surface area contributed by atoms with Gasteiger partial charge in [-0.3, -0.25) is 9.79 Å². The Morgan fingerprint density at radius 1 is 1.30 bits per heavy atom. The van der Waals surface area contributed by atoms with Crippen molar-refractivity contribution in [3.63, 3.8) is 0 Å². The van der Waals surface area contributed by atoms with E-state index < -0.39 is 0 Å². The van der Waals surface area contributed by atoms with Gasteiger partial charge in [-0.05, 0) is 32.9 Å². The molecule has 0 radical (unpaired) electrons. The largest absolute Gasteiger partial charge is 0.469 e. The van der Waals surface area contributed by atoms with Crippen molar-refractivity contribution < 1.29 is 9.21 Å². The number of guanidine groups is 1. The number of hydrogen-bond acceptors (Lipinski definition) is 3. The van der Waals surface area contributed by atoms with E-state index in [0.29, 0.717) is 13.1 Å². The number of furan rings is 1. The number of rotatable bonds is 8. The van der Waals surface area contributed by atoms with Gasteiger partial charge in [-0.1, -0.05) is 0 Å². The number of hydrogen-bond donors (Lipinski definition) is 1. The highest BCUT2D eigenvalue weighted by Crippen LogP contribution is 2.01. The number of carbonyl (C=O) groups excluding carboxylic acids is 1. The zero-order chi connectivity index (χ0) is 16.4. The summed E-state index contributed by atoms with van der Waals surface area (Å²) in [5.41, 5.74) is 0. The summed E-state index contributed by atoms with van der Waals surface area (Å²) in [5, 5.41) is 3.22. The molecule has 0 unspecified atom stereocenters. The van der Waals surface area contributed by atoms with Crippen molar-refractivity contribution in [3.8, 4) is 0 Å². The molecule has 1 amide bonds. The van der Waals surface area contributed by atoms with Gasteiger partial charge in [0.15, 0.2) is 5.96 Å². The fourth-order valence-electron chi connectivity index (χ4n) is 2.15. The van der Waals surface area contributed by atoms with Crippen molar-refractivity contribution in [2.75, 3.05) is 39.8 Å². The van der Waals surface area contributed by atoms with Crippen molar-refractivity contribution in [1.82, 2.24) is 15.1 Å². The van der Waals surface area contributed by atoms with Gasteiger partial charge in [0.2, 0.25) is 5.91 Å². The van der Waals surface area contributed by atoms with Crippen molar-refractivity contribution in [1.29, 1.82) is 0 Å². The fourth-order valence-corrected chi connectivity index (χ4v) is 2.15. The Morgan fingerprint density at radius 2 is 2.00 bits per heavy atom. The Kier molecular flexibility index (Phi) is 11.5. The van der Waals surface area contributed by atoms with Crippen LogP contribution in [0.3, 0.4) is 0 Å². The van der Waals surface area contributed by atoms with Crippen molar-refractivity contribution in [2.45, 2.75) is 27.2 Å². The number of nitrogens with zero attached hydrogens (tertiary/aromatic N) is 3. The summed E-state index contributed by atoms with van der Waals surface area (Å²) in [6.07, 6.45) is 2.42. The third-order valence-electron chi connectivity index (χ3n) is 3.38. The molecular formula is C16H29IN4O2. The highest BCUT2D eigenvalue weighted by molar-refractivity contribution is 14.0. The lowest BCUT2D eigenvalue weighted by atomic mass is 10.3. The number of amides is 1. The smallest absolute Gasteiger partial charge is 0.242 e. The summed E-state index contributed by atoms with van der Waals surface area (Å²) in [6.45, 7) is 9.18. The van der Waals surface area contributed by atoms with Gasteiger partial charge >= 0.3 is 0 Å². The van der Waals surface area contributed by atoms with Crippen molar-refractivity contribution in [2.24, 2.45) is 4.99 Å². The lowest BCUT2D eigenvalue weighted by Crippen LogP contribution is -2.45. The first-order valence-electron chi connectivity index (χ1n) is 7.91. The average Bonchev–Trinajstić information content (AvgIpc) is 3.00. The second-order valence-electron chi connectivity index (χ2n) is 4.99. The number of nitrogens with one attached hydrogen (secondary N) is 1. The maximum atomic E-state index is 12.2. The summed E-state index contributed by atoms with van der Waals surface area (Å²) in [5.74, 6) is 1.78. The first-order valence-corrected chi connectivity index (χ1v) is 7.91. The van der Waals surface area contributed by atoms with Crippen LogP contribution in [0.2, 0.25) is 0 Å². The molecule has 0 aliphatic rings. The van der Waals surface area contributed by atoms with E-state index in [2.05, 4.69) is 10.3 Å². The van der Waals surface area contributed by atoms with Crippen LogP contribution in [0.4, 0.5) is 0 Å². The van der Waals surface area contributed by atoms with Crippen molar-refractivity contribution >= 4 is 35.8 Å². The van der Waals surface area contributed by atoms with Gasteiger partial charge in [-0.2, -0.15) is 0 Å². The number of halogens is 1. The molecule has 1 N–H and O–H groups in total. The van der Waals surface area contributed by atoms with Gasteiger partial charge in [0, 0.05) is 39.6 Å². The molecule has 0 aromatic carbocycles. The van der Waals surface area contributed by atoms with Gasteiger partial charge in [0.05, 0.1) is 12.8 Å². The molecule has 0 saturated heterocycles. The van der Waals surface area contributed by atoms with E-state index in [4.69, 9.17) is 4.42 Å². The molecule has 0 atom stereocenters. The molecule has 0 spiro atoms. The van der Waals surface area contributed by atoms with Crippen LogP contribution in [-0.4, -0.2) is 61.4 Å². The molecule has 1 aromatic rings. The van der Waals surface area contributed by atoms with Gasteiger partial charge < -0.3 is 19.5 Å². The van der Waals surface area contributed by atoms with E-state index in [1.54, 1.807) is 6.26 Å². The molecule has 1 aromatic heterocycles. The standard InChI is InChI=1S/C16H28N4O2.HI/c1-5-17-16(18-11-10-14-9-8-12-22-14)19(4)13-15(21)20(6-2)7-3;/h8-9,12H,5-7,10-11,13H2,1-4H3,(H,17,18);1H. The van der Waals surface area contributed by atoms with Gasteiger partial charge in [-0.15, -0.1) is 24.0 Å². The molecular weight excluding hydrogens is 407 g/mol. The van der Waals surface area contributed by atoms with E-state index >= 15 is 0 Å². The molecule has 0 fully saturated rings. The summed E-state index contributed by atoms with van der Waals surface area (Å²) < 4.78 is 5.30. The fraction of sp³-hybridized carbons (Fsp3) is 0.625. The van der Waals surface area contributed by atoms with Gasteiger partial charge in [0.1, 0.15) is 5.76 Å². The zero-order valence-electron chi connectivity index (χ0n) is 14.5. The second-order valence-corrected chi connectivity index (χ2v) is 4.99. The van der Waals surface area contributed by atoms with Crippen LogP contribution >= 0.6 is 24.0 Å². The molecule has 0 saturated carbocycles. The molecule has 0 aliphatic heterocycles. The van der Waals surface area contributed by atoms with Crippen molar-refractivity contribution in [3.05, 3.63) is 24.2 Å². The molecule has 132 valence electrons. The lowest BCUT2D eigenvalue weighted by Gasteiger charge is -2.25. The predicted molar refractivity (Wildman–Crippen MR) is 104 cm³/mol. The summed E-state index contributed by atoms with van der Waals surface area (Å²) >= 11 is 0. The van der Waals surface area contributed by atoms with Gasteiger partial charge in [-0.25, -0.2) is 0 Å². The maximum absolute atomic E-state index is 12.2. The summed E-state index contributed by atoms with van der Waals surface area (Å²) in [4.78, 5) is 20.4. The Balaban J connectivity index is 0.00000484. The van der Waals surface area contributed by atoms with Gasteiger partial charge in [0.25, 0.3) is 0 Å². The first-order chi connectivity index (χ1) is 10.6. The van der Waals surface area contributed by atoms with E-state index in [0.717, 1.165) is 37.8 Å². The second kappa shape index (κ2) is 12.2. The minimum Gasteiger partial charge on any atom is -0.469 e. The Hall–Kier alpha value is -1.25. The zero-order valence-corrected chi connectivity index (χ0v) is 16.9. The number of likely N-dealkylation sites (N-methyl/N-ethyl adjacent to an activating group) is 2. The topological polar surface area (TPSA) is 61.1 Å². The highest BCUT2D eigenvalue weighted by Gasteiger charge is 2.14. The monoisotopic (exact) mass is 436 g/mol. The van der Waals surface area contributed by atoms with Crippen LogP contribution in [0.15, 0.2) is 27.8 Å². The first kappa shape index (κ1) is 21.8. The summed E-state index contributed by atoms with van der Waals surface area (Å²) in [6, 6.07) is 3.81. The van der Waals surface area contributed by atoms with Crippen LogP contribution in [0, 0.1) is 0 Å². The van der Waals surface area contributed by atoms with Crippen LogP contribution < -0.4 is 5.32 Å². The van der Waals surface area contributed by atoms with Crippen LogP contribution in [0.5, 0.6) is 0 Å². The minimum atomic E-state index is 0. The molecule has 1 heterocycles. The molecule has 0 bridgehead atoms. The van der Waals surface area contributed by atoms with E-state index in [-0.39, 0.29) is 29.9 Å². The normalized spacial score (nSPS) is 10.9. The Labute approximate surface area is 156 Å². The van der Waals surface area contributed by atoms with Crippen LogP contribution in [0.25, 0.3) is 0 Å². The third kappa shape index (κ3) is 7.71. The molecule has 7 heteroatoms. The molecule has 1 rings (SSSR count). The van der Waals surface area contributed by atoms with E-state index in [1.165, 1.54) is 0 Å². The van der Waals surface area contributed by atoms with Crippen LogP contribution in [0.1, 0.15) is 26.5 Å².